The van der Waals surface area contributed by atoms with E-state index in [0.717, 1.165) is 29.8 Å². The number of nitrogens with zero attached hydrogens (tertiary/aromatic N) is 3. The van der Waals surface area contributed by atoms with Crippen molar-refractivity contribution in [3.05, 3.63) is 96.1 Å². The van der Waals surface area contributed by atoms with Crippen LogP contribution >= 0.6 is 0 Å². The van der Waals surface area contributed by atoms with Gasteiger partial charge in [0.2, 0.25) is 10.0 Å². The van der Waals surface area contributed by atoms with Gasteiger partial charge in [0.15, 0.2) is 0 Å². The van der Waals surface area contributed by atoms with Crippen molar-refractivity contribution in [3.8, 4) is 0 Å². The van der Waals surface area contributed by atoms with Crippen LogP contribution in [0.4, 0.5) is 5.69 Å². The predicted molar refractivity (Wildman–Crippen MR) is 156 cm³/mol. The minimum atomic E-state index is -3.62. The zero-order valence-corrected chi connectivity index (χ0v) is 23.9. The number of hydrogen-bond acceptors (Lipinski definition) is 6. The number of hydrogen-bond donors (Lipinski definition) is 0. The fourth-order valence-corrected chi connectivity index (χ4v) is 6.52. The predicted octanol–water partition coefficient (Wildman–Crippen LogP) is 5.97. The molecule has 0 aromatic heterocycles. The van der Waals surface area contributed by atoms with Crippen LogP contribution in [0.25, 0.3) is 0 Å². The van der Waals surface area contributed by atoms with Gasteiger partial charge in [-0.2, -0.15) is 9.41 Å². The molecule has 206 valence electrons. The van der Waals surface area contributed by atoms with Crippen molar-refractivity contribution in [2.45, 2.75) is 51.5 Å². The monoisotopic (exact) mass is 547 g/mol. The molecule has 1 atom stereocenters. The molecule has 1 aliphatic heterocycles. The van der Waals surface area contributed by atoms with Gasteiger partial charge in [0.05, 0.1) is 27.9 Å². The van der Waals surface area contributed by atoms with E-state index in [2.05, 4.69) is 13.8 Å². The summed E-state index contributed by atoms with van der Waals surface area (Å²) in [6, 6.07) is 25.6. The van der Waals surface area contributed by atoms with E-state index in [-0.39, 0.29) is 17.5 Å². The van der Waals surface area contributed by atoms with Gasteiger partial charge in [-0.15, -0.1) is 0 Å². The largest absolute Gasteiger partial charge is 0.460 e. The molecule has 4 rings (SSSR count). The molecule has 39 heavy (non-hydrogen) atoms. The lowest BCUT2D eigenvalue weighted by molar-refractivity contribution is 0.0450. The van der Waals surface area contributed by atoms with Gasteiger partial charge >= 0.3 is 5.97 Å². The first kappa shape index (κ1) is 28.5. The Kier molecular flexibility index (Phi) is 8.87. The van der Waals surface area contributed by atoms with Gasteiger partial charge in [-0.3, -0.25) is 5.01 Å². The molecule has 3 aromatic carbocycles. The van der Waals surface area contributed by atoms with E-state index < -0.39 is 21.4 Å². The van der Waals surface area contributed by atoms with Crippen molar-refractivity contribution in [3.63, 3.8) is 0 Å². The summed E-state index contributed by atoms with van der Waals surface area (Å²) in [7, 11) is -3.62. The van der Waals surface area contributed by atoms with Gasteiger partial charge in [0, 0.05) is 18.5 Å². The highest BCUT2D eigenvalue weighted by Crippen LogP contribution is 2.39. The number of carbonyl (C=O) groups is 1. The molecule has 0 fully saturated rings. The van der Waals surface area contributed by atoms with Crippen molar-refractivity contribution in [1.82, 2.24) is 4.31 Å². The van der Waals surface area contributed by atoms with Crippen molar-refractivity contribution >= 4 is 27.4 Å². The summed E-state index contributed by atoms with van der Waals surface area (Å²) in [5, 5.41) is 6.92. The van der Waals surface area contributed by atoms with Crippen LogP contribution in [0, 0.1) is 5.41 Å². The third-order valence-corrected chi connectivity index (χ3v) is 8.97. The minimum absolute atomic E-state index is 0.112. The molecule has 0 spiro atoms. The molecular formula is C31H37N3O4S. The first-order valence-corrected chi connectivity index (χ1v) is 14.9. The molecule has 0 radical (unpaired) electrons. The van der Waals surface area contributed by atoms with Crippen LogP contribution in [-0.4, -0.2) is 50.1 Å². The van der Waals surface area contributed by atoms with Gasteiger partial charge < -0.3 is 4.74 Å². The zero-order chi connectivity index (χ0) is 28.0. The van der Waals surface area contributed by atoms with Crippen molar-refractivity contribution in [2.24, 2.45) is 10.5 Å². The van der Waals surface area contributed by atoms with E-state index >= 15 is 0 Å². The molecule has 1 heterocycles. The van der Waals surface area contributed by atoms with Crippen molar-refractivity contribution < 1.29 is 17.9 Å². The summed E-state index contributed by atoms with van der Waals surface area (Å²) in [4.78, 5) is 13.2. The summed E-state index contributed by atoms with van der Waals surface area (Å²) >= 11 is 0. The van der Waals surface area contributed by atoms with E-state index in [1.807, 2.05) is 79.5 Å². The number of sulfonamides is 1. The molecule has 0 aliphatic carbocycles. The standard InChI is InChI=1S/C31H37N3O4S/c1-5-21-33(22-6-2)39(36,37)27-19-17-25(18-20-27)30(35)38-23-28-31(3,4)29(24-13-9-7-10-14-24)32-34(28)26-15-11-8-12-16-26/h7-20,28H,5-6,21-23H2,1-4H3. The fraction of sp³-hybridized carbons (Fsp3) is 0.355. The second-order valence-electron chi connectivity index (χ2n) is 10.3. The Morgan fingerprint density at radius 3 is 2.03 bits per heavy atom. The Bertz CT molecular complexity index is 1380. The molecule has 0 bridgehead atoms. The second kappa shape index (κ2) is 12.1. The van der Waals surface area contributed by atoms with E-state index in [9.17, 15) is 13.2 Å². The first-order valence-electron chi connectivity index (χ1n) is 13.5. The summed E-state index contributed by atoms with van der Waals surface area (Å²) in [5.74, 6) is -0.505. The van der Waals surface area contributed by atoms with Crippen molar-refractivity contribution in [2.75, 3.05) is 24.7 Å². The summed E-state index contributed by atoms with van der Waals surface area (Å²) in [5.41, 5.74) is 2.74. The normalized spacial score (nSPS) is 16.8. The Morgan fingerprint density at radius 1 is 0.897 bits per heavy atom. The topological polar surface area (TPSA) is 79.3 Å². The molecular weight excluding hydrogens is 510 g/mol. The van der Waals surface area contributed by atoms with Crippen LogP contribution in [0.2, 0.25) is 0 Å². The number of ether oxygens (including phenoxy) is 1. The fourth-order valence-electron chi connectivity index (χ4n) is 4.89. The minimum Gasteiger partial charge on any atom is -0.460 e. The van der Waals surface area contributed by atoms with Crippen LogP contribution < -0.4 is 5.01 Å². The average molecular weight is 548 g/mol. The number of benzene rings is 3. The Labute approximate surface area is 232 Å². The third kappa shape index (κ3) is 6.07. The third-order valence-electron chi connectivity index (χ3n) is 7.06. The smallest absolute Gasteiger partial charge is 0.338 e. The van der Waals surface area contributed by atoms with Crippen LogP contribution in [0.3, 0.4) is 0 Å². The number of para-hydroxylation sites is 1. The average Bonchev–Trinajstić information content (AvgIpc) is 3.22. The Morgan fingerprint density at radius 2 is 1.46 bits per heavy atom. The van der Waals surface area contributed by atoms with E-state index in [1.165, 1.54) is 28.6 Å². The molecule has 0 saturated heterocycles. The second-order valence-corrected chi connectivity index (χ2v) is 12.2. The summed E-state index contributed by atoms with van der Waals surface area (Å²) < 4.78 is 33.5. The number of carbonyl (C=O) groups excluding carboxylic acids is 1. The molecule has 7 nitrogen and oxygen atoms in total. The van der Waals surface area contributed by atoms with Gasteiger partial charge in [0.25, 0.3) is 0 Å². The number of anilines is 1. The number of rotatable bonds is 11. The Hall–Kier alpha value is -3.49. The van der Waals surface area contributed by atoms with E-state index in [1.54, 1.807) is 0 Å². The highest BCUT2D eigenvalue weighted by molar-refractivity contribution is 7.89. The van der Waals surface area contributed by atoms with Crippen LogP contribution in [0.5, 0.6) is 0 Å². The maximum atomic E-state index is 13.1. The molecule has 0 amide bonds. The lowest BCUT2D eigenvalue weighted by Gasteiger charge is -2.32. The van der Waals surface area contributed by atoms with Crippen LogP contribution in [-0.2, 0) is 14.8 Å². The molecule has 1 unspecified atom stereocenters. The lowest BCUT2D eigenvalue weighted by Crippen LogP contribution is -2.44. The zero-order valence-electron chi connectivity index (χ0n) is 23.1. The van der Waals surface area contributed by atoms with Gasteiger partial charge in [-0.1, -0.05) is 76.2 Å². The summed E-state index contributed by atoms with van der Waals surface area (Å²) in [6.07, 6.45) is 1.47. The van der Waals surface area contributed by atoms with Gasteiger partial charge in [0.1, 0.15) is 6.61 Å². The molecule has 3 aromatic rings. The SMILES string of the molecule is CCCN(CCC)S(=O)(=O)c1ccc(C(=O)OCC2N(c3ccccc3)N=C(c3ccccc3)C2(C)C)cc1. The quantitative estimate of drug-likeness (QED) is 0.276. The highest BCUT2D eigenvalue weighted by Gasteiger charge is 2.46. The Balaban J connectivity index is 1.53. The van der Waals surface area contributed by atoms with Crippen molar-refractivity contribution in [1.29, 1.82) is 0 Å². The maximum absolute atomic E-state index is 13.1. The van der Waals surface area contributed by atoms with Gasteiger partial charge in [-0.05, 0) is 54.8 Å². The van der Waals surface area contributed by atoms with Crippen LogP contribution in [0.15, 0.2) is 94.9 Å². The highest BCUT2D eigenvalue weighted by atomic mass is 32.2. The molecule has 1 aliphatic rings. The lowest BCUT2D eigenvalue weighted by atomic mass is 9.78. The molecule has 8 heteroatoms. The van der Waals surface area contributed by atoms with E-state index in [4.69, 9.17) is 9.84 Å². The molecule has 0 N–H and O–H groups in total. The van der Waals surface area contributed by atoms with Gasteiger partial charge in [-0.25, -0.2) is 13.2 Å². The molecule has 0 saturated carbocycles. The summed E-state index contributed by atoms with van der Waals surface area (Å²) in [6.45, 7) is 9.16. The number of esters is 1. The van der Waals surface area contributed by atoms with E-state index in [0.29, 0.717) is 18.7 Å². The maximum Gasteiger partial charge on any atom is 0.338 e. The van der Waals surface area contributed by atoms with Crippen LogP contribution in [0.1, 0.15) is 56.5 Å². The number of hydrazone groups is 1. The first-order chi connectivity index (χ1) is 18.7.